The van der Waals surface area contributed by atoms with Gasteiger partial charge in [0, 0.05) is 53.2 Å². The van der Waals surface area contributed by atoms with Gasteiger partial charge in [0.15, 0.2) is 5.82 Å². The summed E-state index contributed by atoms with van der Waals surface area (Å²) in [7, 11) is 0. The Morgan fingerprint density at radius 1 is 0.971 bits per heavy atom. The van der Waals surface area contributed by atoms with Crippen LogP contribution in [0, 0.1) is 0 Å². The zero-order valence-electron chi connectivity index (χ0n) is 19.9. The predicted octanol–water partition coefficient (Wildman–Crippen LogP) is 5.85. The number of fused-ring (bicyclic) bond motifs is 1. The Morgan fingerprint density at radius 2 is 1.76 bits per heavy atom. The maximum atomic E-state index is 6.28. The molecule has 2 fully saturated rings. The average Bonchev–Trinajstić information content (AvgIpc) is 2.88. The molecule has 3 aliphatic heterocycles. The zero-order valence-corrected chi connectivity index (χ0v) is 21.5. The van der Waals surface area contributed by atoms with Crippen LogP contribution in [0.3, 0.4) is 0 Å². The molecule has 0 amide bonds. The highest BCUT2D eigenvalue weighted by Crippen LogP contribution is 2.32. The van der Waals surface area contributed by atoms with E-state index in [0.29, 0.717) is 0 Å². The standard InChI is InChI=1S/C26H35ClN6S/c27-20-9-10-23-21(18-20)22(11-17-34-23)30-31-25-19-26(33-15-5-2-6-16-33)29-24(28-25)8-7-14-32-12-3-1-4-13-32/h9-10,18-19H,1-8,11-17H2,(H,28,29,31)/b30-22+. The first-order valence-corrected chi connectivity index (χ1v) is 14.2. The number of aromatic nitrogens is 2. The van der Waals surface area contributed by atoms with Crippen LogP contribution in [0.25, 0.3) is 0 Å². The summed E-state index contributed by atoms with van der Waals surface area (Å²) in [6, 6.07) is 8.14. The van der Waals surface area contributed by atoms with Crippen LogP contribution >= 0.6 is 23.4 Å². The number of rotatable bonds is 7. The number of hydrogen-bond donors (Lipinski definition) is 1. The summed E-state index contributed by atoms with van der Waals surface area (Å²) in [4.78, 5) is 16.1. The van der Waals surface area contributed by atoms with Crippen molar-refractivity contribution in [3.63, 3.8) is 0 Å². The molecule has 0 radical (unpaired) electrons. The lowest BCUT2D eigenvalue weighted by atomic mass is 10.1. The molecule has 2 aromatic rings. The smallest absolute Gasteiger partial charge is 0.152 e. The van der Waals surface area contributed by atoms with Crippen LogP contribution in [0.1, 0.15) is 62.8 Å². The second-order valence-electron chi connectivity index (χ2n) is 9.49. The van der Waals surface area contributed by atoms with Crippen molar-refractivity contribution in [2.45, 2.75) is 62.7 Å². The normalized spacial score (nSPS) is 20.4. The number of nitrogens with one attached hydrogen (secondary N) is 1. The number of aryl methyl sites for hydroxylation is 1. The Labute approximate surface area is 212 Å². The van der Waals surface area contributed by atoms with E-state index in [1.54, 1.807) is 0 Å². The molecular weight excluding hydrogens is 464 g/mol. The number of hydrogen-bond acceptors (Lipinski definition) is 7. The van der Waals surface area contributed by atoms with E-state index in [2.05, 4.69) is 27.4 Å². The first-order chi connectivity index (χ1) is 16.7. The van der Waals surface area contributed by atoms with Crippen LogP contribution < -0.4 is 10.3 Å². The van der Waals surface area contributed by atoms with Gasteiger partial charge >= 0.3 is 0 Å². The van der Waals surface area contributed by atoms with Gasteiger partial charge in [-0.2, -0.15) is 5.10 Å². The van der Waals surface area contributed by atoms with Gasteiger partial charge in [-0.25, -0.2) is 9.97 Å². The number of halogens is 1. The van der Waals surface area contributed by atoms with Crippen LogP contribution in [0.2, 0.25) is 5.02 Å². The number of thioether (sulfide) groups is 1. The quantitative estimate of drug-likeness (QED) is 0.483. The highest BCUT2D eigenvalue weighted by atomic mass is 35.5. The molecule has 8 heteroatoms. The molecule has 0 spiro atoms. The van der Waals surface area contributed by atoms with Crippen LogP contribution in [0.4, 0.5) is 11.6 Å². The summed E-state index contributed by atoms with van der Waals surface area (Å²) in [5.41, 5.74) is 5.45. The van der Waals surface area contributed by atoms with E-state index in [-0.39, 0.29) is 0 Å². The Hall–Kier alpha value is -1.83. The molecule has 5 rings (SSSR count). The second kappa shape index (κ2) is 11.7. The summed E-state index contributed by atoms with van der Waals surface area (Å²) in [5.74, 6) is 3.77. The van der Waals surface area contributed by atoms with Gasteiger partial charge in [-0.05, 0) is 76.4 Å². The van der Waals surface area contributed by atoms with Gasteiger partial charge in [0.1, 0.15) is 11.6 Å². The molecule has 1 aromatic heterocycles. The van der Waals surface area contributed by atoms with E-state index >= 15 is 0 Å². The predicted molar refractivity (Wildman–Crippen MR) is 144 cm³/mol. The minimum absolute atomic E-state index is 0.749. The molecule has 2 saturated heterocycles. The topological polar surface area (TPSA) is 56.7 Å². The van der Waals surface area contributed by atoms with Gasteiger partial charge < -0.3 is 9.80 Å². The van der Waals surface area contributed by atoms with Gasteiger partial charge in [-0.1, -0.05) is 18.0 Å². The minimum Gasteiger partial charge on any atom is -0.356 e. The molecule has 3 aliphatic rings. The van der Waals surface area contributed by atoms with Gasteiger partial charge in [0.25, 0.3) is 0 Å². The number of piperidine rings is 2. The molecule has 0 atom stereocenters. The van der Waals surface area contributed by atoms with Gasteiger partial charge in [-0.3, -0.25) is 5.43 Å². The third-order valence-electron chi connectivity index (χ3n) is 6.92. The Bertz CT molecular complexity index is 1000. The fourth-order valence-electron chi connectivity index (χ4n) is 5.07. The molecule has 1 N–H and O–H groups in total. The lowest BCUT2D eigenvalue weighted by Gasteiger charge is -2.28. The minimum atomic E-state index is 0.749. The third kappa shape index (κ3) is 6.23. The van der Waals surface area contributed by atoms with E-state index in [1.165, 1.54) is 56.5 Å². The first kappa shape index (κ1) is 23.9. The second-order valence-corrected chi connectivity index (χ2v) is 11.1. The molecule has 0 unspecified atom stereocenters. The van der Waals surface area contributed by atoms with Crippen molar-refractivity contribution >= 4 is 40.7 Å². The molecule has 4 heterocycles. The molecule has 182 valence electrons. The molecule has 0 bridgehead atoms. The SMILES string of the molecule is Clc1ccc2c(c1)/C(=N/Nc1cc(N3CCCCC3)nc(CCCN3CCCCC3)n1)CCS2. The molecule has 34 heavy (non-hydrogen) atoms. The first-order valence-electron chi connectivity index (χ1n) is 12.9. The van der Waals surface area contributed by atoms with Crippen molar-refractivity contribution < 1.29 is 0 Å². The molecule has 0 saturated carbocycles. The van der Waals surface area contributed by atoms with Crippen LogP contribution in [0.15, 0.2) is 34.3 Å². The Balaban J connectivity index is 1.33. The highest BCUT2D eigenvalue weighted by Gasteiger charge is 2.18. The summed E-state index contributed by atoms with van der Waals surface area (Å²) in [5, 5.41) is 5.54. The fraction of sp³-hybridized carbons (Fsp3) is 0.577. The maximum absolute atomic E-state index is 6.28. The number of nitrogens with zero attached hydrogens (tertiary/aromatic N) is 5. The van der Waals surface area contributed by atoms with Crippen LogP contribution in [-0.4, -0.2) is 59.1 Å². The Kier molecular flexibility index (Phi) is 8.25. The van der Waals surface area contributed by atoms with Crippen molar-refractivity contribution in [2.24, 2.45) is 5.10 Å². The lowest BCUT2D eigenvalue weighted by Crippen LogP contribution is -2.31. The Morgan fingerprint density at radius 3 is 2.59 bits per heavy atom. The van der Waals surface area contributed by atoms with Crippen molar-refractivity contribution in [3.8, 4) is 0 Å². The molecular formula is C26H35ClN6S. The summed E-state index contributed by atoms with van der Waals surface area (Å²) in [6.07, 6.45) is 10.7. The largest absolute Gasteiger partial charge is 0.356 e. The fourth-order valence-corrected chi connectivity index (χ4v) is 6.25. The van der Waals surface area contributed by atoms with E-state index in [1.807, 2.05) is 23.9 Å². The van der Waals surface area contributed by atoms with Crippen molar-refractivity contribution in [2.75, 3.05) is 48.8 Å². The highest BCUT2D eigenvalue weighted by molar-refractivity contribution is 7.99. The van der Waals surface area contributed by atoms with E-state index < -0.39 is 0 Å². The van der Waals surface area contributed by atoms with Gasteiger partial charge in [0.2, 0.25) is 0 Å². The van der Waals surface area contributed by atoms with Crippen LogP contribution in [0.5, 0.6) is 0 Å². The number of likely N-dealkylation sites (tertiary alicyclic amines) is 1. The third-order valence-corrected chi connectivity index (χ3v) is 8.23. The molecule has 0 aliphatic carbocycles. The van der Waals surface area contributed by atoms with Gasteiger partial charge in [0.05, 0.1) is 5.71 Å². The number of hydrazone groups is 1. The van der Waals surface area contributed by atoms with E-state index in [4.69, 9.17) is 26.7 Å². The zero-order chi connectivity index (χ0) is 23.2. The molecule has 1 aromatic carbocycles. The lowest BCUT2D eigenvalue weighted by molar-refractivity contribution is 0.226. The van der Waals surface area contributed by atoms with Crippen molar-refractivity contribution in [3.05, 3.63) is 40.7 Å². The average molecular weight is 499 g/mol. The summed E-state index contributed by atoms with van der Waals surface area (Å²) >= 11 is 8.14. The van der Waals surface area contributed by atoms with Crippen LogP contribution in [-0.2, 0) is 6.42 Å². The molecule has 6 nitrogen and oxygen atoms in total. The van der Waals surface area contributed by atoms with Crippen molar-refractivity contribution in [1.82, 2.24) is 14.9 Å². The summed E-state index contributed by atoms with van der Waals surface area (Å²) < 4.78 is 0. The van der Waals surface area contributed by atoms with E-state index in [9.17, 15) is 0 Å². The number of anilines is 2. The monoisotopic (exact) mass is 498 g/mol. The maximum Gasteiger partial charge on any atom is 0.152 e. The summed E-state index contributed by atoms with van der Waals surface area (Å²) in [6.45, 7) is 5.76. The van der Waals surface area contributed by atoms with E-state index in [0.717, 1.165) is 78.4 Å². The van der Waals surface area contributed by atoms with Crippen molar-refractivity contribution in [1.29, 1.82) is 0 Å². The van der Waals surface area contributed by atoms with Gasteiger partial charge in [-0.15, -0.1) is 11.8 Å². The number of benzene rings is 1.